The van der Waals surface area contributed by atoms with Crippen LogP contribution < -0.4 is 15.0 Å². The lowest BCUT2D eigenvalue weighted by atomic mass is 9.98. The smallest absolute Gasteiger partial charge is 0.340 e. The molecule has 0 spiro atoms. The number of methoxy groups -OCH3 is 2. The number of nitrogens with zero attached hydrogens (tertiary/aromatic N) is 2. The average molecular weight is 427 g/mol. The molecule has 0 unspecified atom stereocenters. The van der Waals surface area contributed by atoms with Crippen molar-refractivity contribution in [2.24, 2.45) is 5.92 Å². The third-order valence-corrected chi connectivity index (χ3v) is 5.44. The highest BCUT2D eigenvalue weighted by Gasteiger charge is 2.25. The number of benzene rings is 2. The zero-order valence-electron chi connectivity index (χ0n) is 17.7. The average Bonchev–Trinajstić information content (AvgIpc) is 2.78. The van der Waals surface area contributed by atoms with Crippen LogP contribution in [0.4, 0.5) is 17.1 Å². The lowest BCUT2D eigenvalue weighted by molar-refractivity contribution is -0.384. The maximum absolute atomic E-state index is 12.8. The molecule has 164 valence electrons. The predicted molar refractivity (Wildman–Crippen MR) is 116 cm³/mol. The van der Waals surface area contributed by atoms with Gasteiger partial charge in [-0.05, 0) is 49.1 Å². The van der Waals surface area contributed by atoms with Crippen LogP contribution in [0, 0.1) is 16.0 Å². The van der Waals surface area contributed by atoms with Gasteiger partial charge in [-0.2, -0.15) is 0 Å². The number of anilines is 2. The van der Waals surface area contributed by atoms with Crippen molar-refractivity contribution in [1.82, 2.24) is 0 Å². The Morgan fingerprint density at radius 1 is 1.13 bits per heavy atom. The fourth-order valence-electron chi connectivity index (χ4n) is 3.56. The number of nitro benzene ring substituents is 1. The van der Waals surface area contributed by atoms with Crippen molar-refractivity contribution in [2.75, 3.05) is 37.5 Å². The minimum atomic E-state index is -0.644. The molecule has 0 radical (unpaired) electrons. The maximum Gasteiger partial charge on any atom is 0.340 e. The highest BCUT2D eigenvalue weighted by molar-refractivity contribution is 6.08. The summed E-state index contributed by atoms with van der Waals surface area (Å²) < 4.78 is 9.88. The lowest BCUT2D eigenvalue weighted by Gasteiger charge is -2.31. The van der Waals surface area contributed by atoms with Crippen LogP contribution >= 0.6 is 0 Å². The van der Waals surface area contributed by atoms with Gasteiger partial charge in [0.05, 0.1) is 30.4 Å². The highest BCUT2D eigenvalue weighted by atomic mass is 16.6. The van der Waals surface area contributed by atoms with Gasteiger partial charge in [0.15, 0.2) is 0 Å². The molecule has 31 heavy (non-hydrogen) atoms. The number of nitrogens with one attached hydrogen (secondary N) is 1. The second-order valence-corrected chi connectivity index (χ2v) is 7.49. The molecule has 1 aliphatic rings. The molecule has 1 amide bonds. The zero-order valence-corrected chi connectivity index (χ0v) is 17.7. The summed E-state index contributed by atoms with van der Waals surface area (Å²) in [6.07, 6.45) is 1.93. The number of rotatable bonds is 6. The van der Waals surface area contributed by atoms with Gasteiger partial charge in [-0.25, -0.2) is 4.79 Å². The van der Waals surface area contributed by atoms with E-state index in [2.05, 4.69) is 12.2 Å². The van der Waals surface area contributed by atoms with E-state index in [1.54, 1.807) is 18.2 Å². The van der Waals surface area contributed by atoms with E-state index in [9.17, 15) is 19.7 Å². The highest BCUT2D eigenvalue weighted by Crippen LogP contribution is 2.33. The molecular formula is C22H25N3O6. The number of hydrogen-bond donors (Lipinski definition) is 1. The van der Waals surface area contributed by atoms with Gasteiger partial charge in [-0.1, -0.05) is 6.92 Å². The molecule has 3 rings (SSSR count). The molecule has 0 aliphatic carbocycles. The standard InChI is InChI=1S/C22H25N3O6/c1-14-8-10-24(11-9-14)19-7-4-15(12-20(19)25(28)29)21(26)23-18-6-5-16(30-2)13-17(18)22(27)31-3/h4-7,12-14H,8-11H2,1-3H3,(H,23,26). The van der Waals surface area contributed by atoms with Crippen LogP contribution in [0.25, 0.3) is 0 Å². The summed E-state index contributed by atoms with van der Waals surface area (Å²) in [5.41, 5.74) is 0.837. The Labute approximate surface area is 180 Å². The summed E-state index contributed by atoms with van der Waals surface area (Å²) in [5, 5.41) is 14.3. The van der Waals surface area contributed by atoms with E-state index < -0.39 is 16.8 Å². The summed E-state index contributed by atoms with van der Waals surface area (Å²) in [7, 11) is 2.69. The van der Waals surface area contributed by atoms with E-state index in [-0.39, 0.29) is 22.5 Å². The Hall–Kier alpha value is -3.62. The van der Waals surface area contributed by atoms with Crippen molar-refractivity contribution in [3.63, 3.8) is 0 Å². The SMILES string of the molecule is COC(=O)c1cc(OC)ccc1NC(=O)c1ccc(N2CCC(C)CC2)c([N+](=O)[O-])c1. The Bertz CT molecular complexity index is 999. The first-order valence-corrected chi connectivity index (χ1v) is 9.95. The summed E-state index contributed by atoms with van der Waals surface area (Å²) >= 11 is 0. The van der Waals surface area contributed by atoms with Crippen molar-refractivity contribution < 1.29 is 24.0 Å². The van der Waals surface area contributed by atoms with Crippen molar-refractivity contribution in [3.8, 4) is 5.75 Å². The maximum atomic E-state index is 12.8. The summed E-state index contributed by atoms with van der Waals surface area (Å²) in [5.74, 6) is -0.199. The molecule has 2 aromatic rings. The van der Waals surface area contributed by atoms with Crippen LogP contribution in [0.2, 0.25) is 0 Å². The molecule has 1 fully saturated rings. The second kappa shape index (κ2) is 9.46. The summed E-state index contributed by atoms with van der Waals surface area (Å²) in [4.78, 5) is 38.1. The van der Waals surface area contributed by atoms with Crippen molar-refractivity contribution in [1.29, 1.82) is 0 Å². The molecule has 0 bridgehead atoms. The van der Waals surface area contributed by atoms with Crippen molar-refractivity contribution >= 4 is 28.9 Å². The summed E-state index contributed by atoms with van der Waals surface area (Å²) in [6.45, 7) is 3.64. The number of esters is 1. The third kappa shape index (κ3) is 4.93. The van der Waals surface area contributed by atoms with Crippen LogP contribution in [-0.2, 0) is 4.74 Å². The second-order valence-electron chi connectivity index (χ2n) is 7.49. The number of piperidine rings is 1. The molecule has 0 atom stereocenters. The van der Waals surface area contributed by atoms with Crippen LogP contribution in [0.5, 0.6) is 5.75 Å². The van der Waals surface area contributed by atoms with E-state index >= 15 is 0 Å². The molecule has 1 saturated heterocycles. The Morgan fingerprint density at radius 2 is 1.84 bits per heavy atom. The van der Waals surface area contributed by atoms with Gasteiger partial charge in [0.25, 0.3) is 11.6 Å². The monoisotopic (exact) mass is 427 g/mol. The van der Waals surface area contributed by atoms with E-state index in [1.165, 1.54) is 32.4 Å². The van der Waals surface area contributed by atoms with Crippen LogP contribution in [0.15, 0.2) is 36.4 Å². The number of amides is 1. The van der Waals surface area contributed by atoms with Gasteiger partial charge in [-0.3, -0.25) is 14.9 Å². The molecule has 1 N–H and O–H groups in total. The molecular weight excluding hydrogens is 402 g/mol. The Balaban J connectivity index is 1.88. The molecule has 2 aromatic carbocycles. The Kier molecular flexibility index (Phi) is 6.74. The number of ether oxygens (including phenoxy) is 2. The molecule has 9 nitrogen and oxygen atoms in total. The largest absolute Gasteiger partial charge is 0.497 e. The van der Waals surface area contributed by atoms with E-state index in [0.717, 1.165) is 25.9 Å². The van der Waals surface area contributed by atoms with Gasteiger partial charge >= 0.3 is 5.97 Å². The van der Waals surface area contributed by atoms with Crippen LogP contribution in [-0.4, -0.2) is 44.1 Å². The molecule has 0 saturated carbocycles. The lowest BCUT2D eigenvalue weighted by Crippen LogP contribution is -2.33. The number of nitro groups is 1. The third-order valence-electron chi connectivity index (χ3n) is 5.44. The normalized spacial score (nSPS) is 14.1. The van der Waals surface area contributed by atoms with E-state index in [0.29, 0.717) is 17.4 Å². The number of carbonyl (C=O) groups excluding carboxylic acids is 2. The zero-order chi connectivity index (χ0) is 22.5. The van der Waals surface area contributed by atoms with Gasteiger partial charge in [0.1, 0.15) is 11.4 Å². The first-order chi connectivity index (χ1) is 14.8. The topological polar surface area (TPSA) is 111 Å². The van der Waals surface area contributed by atoms with Gasteiger partial charge < -0.3 is 19.7 Å². The minimum absolute atomic E-state index is 0.115. The Morgan fingerprint density at radius 3 is 2.45 bits per heavy atom. The quantitative estimate of drug-likeness (QED) is 0.423. The molecule has 1 heterocycles. The molecule has 0 aromatic heterocycles. The van der Waals surface area contributed by atoms with Gasteiger partial charge in [0, 0.05) is 24.7 Å². The fraction of sp³-hybridized carbons (Fsp3) is 0.364. The van der Waals surface area contributed by atoms with Crippen molar-refractivity contribution in [2.45, 2.75) is 19.8 Å². The molecule has 1 aliphatic heterocycles. The molecule has 9 heteroatoms. The number of carbonyl (C=O) groups is 2. The predicted octanol–water partition coefficient (Wildman–Crippen LogP) is 3.88. The first kappa shape index (κ1) is 22.1. The first-order valence-electron chi connectivity index (χ1n) is 9.95. The van der Waals surface area contributed by atoms with Gasteiger partial charge in [-0.15, -0.1) is 0 Å². The van der Waals surface area contributed by atoms with E-state index in [1.807, 2.05) is 4.90 Å². The van der Waals surface area contributed by atoms with Crippen molar-refractivity contribution in [3.05, 3.63) is 57.6 Å². The van der Waals surface area contributed by atoms with Crippen LogP contribution in [0.3, 0.4) is 0 Å². The van der Waals surface area contributed by atoms with Crippen LogP contribution in [0.1, 0.15) is 40.5 Å². The van der Waals surface area contributed by atoms with Gasteiger partial charge in [0.2, 0.25) is 0 Å². The number of hydrogen-bond acceptors (Lipinski definition) is 7. The fourth-order valence-corrected chi connectivity index (χ4v) is 3.56. The summed E-state index contributed by atoms with van der Waals surface area (Å²) in [6, 6.07) is 8.98. The minimum Gasteiger partial charge on any atom is -0.497 e. The van der Waals surface area contributed by atoms with E-state index in [4.69, 9.17) is 9.47 Å².